The van der Waals surface area contributed by atoms with Crippen LogP contribution >= 0.6 is 0 Å². The topological polar surface area (TPSA) is 43.2 Å². The molecule has 2 aliphatic heterocycles. The predicted molar refractivity (Wildman–Crippen MR) is 105 cm³/mol. The van der Waals surface area contributed by atoms with Gasteiger partial charge in [-0.15, -0.1) is 0 Å². The second kappa shape index (κ2) is 6.59. The van der Waals surface area contributed by atoms with Gasteiger partial charge in [-0.2, -0.15) is 0 Å². The number of ether oxygens (including phenoxy) is 2. The van der Waals surface area contributed by atoms with Gasteiger partial charge in [0.1, 0.15) is 18.6 Å². The van der Waals surface area contributed by atoms with Gasteiger partial charge in [-0.25, -0.2) is 9.98 Å². The summed E-state index contributed by atoms with van der Waals surface area (Å²) < 4.78 is 12.4. The number of hydrogen-bond donors (Lipinski definition) is 0. The van der Waals surface area contributed by atoms with Crippen molar-refractivity contribution in [3.05, 3.63) is 0 Å². The van der Waals surface area contributed by atoms with E-state index in [1.165, 1.54) is 0 Å². The van der Waals surface area contributed by atoms with Gasteiger partial charge in [-0.3, -0.25) is 0 Å². The van der Waals surface area contributed by atoms with Crippen molar-refractivity contribution in [3.8, 4) is 0 Å². The number of rotatable bonds is 4. The third kappa shape index (κ3) is 3.59. The zero-order chi connectivity index (χ0) is 19.2. The summed E-state index contributed by atoms with van der Waals surface area (Å²) in [4.78, 5) is 10.1. The van der Waals surface area contributed by atoms with Crippen molar-refractivity contribution in [2.45, 2.75) is 81.3 Å². The largest absolute Gasteiger partial charge is 0.478 e. The van der Waals surface area contributed by atoms with Crippen molar-refractivity contribution >= 4 is 11.8 Å². The van der Waals surface area contributed by atoms with Crippen LogP contribution in [-0.4, -0.2) is 37.1 Å². The van der Waals surface area contributed by atoms with Gasteiger partial charge >= 0.3 is 0 Å². The van der Waals surface area contributed by atoms with Gasteiger partial charge in [0.15, 0.2) is 11.8 Å². The molecule has 0 N–H and O–H groups in total. The van der Waals surface area contributed by atoms with Crippen molar-refractivity contribution in [1.82, 2.24) is 0 Å². The normalized spacial score (nSPS) is 25.1. The first-order chi connectivity index (χ1) is 11.3. The van der Waals surface area contributed by atoms with Gasteiger partial charge in [-0.1, -0.05) is 69.2 Å². The Morgan fingerprint density at radius 1 is 0.720 bits per heavy atom. The molecule has 0 aromatic rings. The third-order valence-corrected chi connectivity index (χ3v) is 5.83. The lowest BCUT2D eigenvalue weighted by Gasteiger charge is -2.39. The Kier molecular flexibility index (Phi) is 5.34. The Hall–Kier alpha value is -1.06. The molecule has 0 aliphatic carbocycles. The second-order valence-electron chi connectivity index (χ2n) is 10.4. The van der Waals surface area contributed by atoms with Gasteiger partial charge in [0.05, 0.1) is 12.1 Å². The average Bonchev–Trinajstić information content (AvgIpc) is 3.06. The van der Waals surface area contributed by atoms with Crippen LogP contribution in [0.15, 0.2) is 9.98 Å². The first-order valence-electron chi connectivity index (χ1n) is 9.73. The van der Waals surface area contributed by atoms with E-state index in [9.17, 15) is 0 Å². The van der Waals surface area contributed by atoms with E-state index < -0.39 is 0 Å². The fraction of sp³-hybridized carbons (Fsp3) is 0.905. The fourth-order valence-electron chi connectivity index (χ4n) is 3.83. The molecular weight excluding hydrogens is 312 g/mol. The summed E-state index contributed by atoms with van der Waals surface area (Å²) in [6.07, 6.45) is 0. The van der Waals surface area contributed by atoms with Gasteiger partial charge in [0, 0.05) is 0 Å². The highest BCUT2D eigenvalue weighted by molar-refractivity contribution is 6.06. The molecule has 0 aromatic carbocycles. The monoisotopic (exact) mass is 350 g/mol. The minimum absolute atomic E-state index is 0.0910. The molecule has 4 nitrogen and oxygen atoms in total. The smallest absolute Gasteiger partial charge is 0.200 e. The Morgan fingerprint density at radius 2 is 1.04 bits per heavy atom. The van der Waals surface area contributed by atoms with Crippen molar-refractivity contribution in [3.63, 3.8) is 0 Å². The highest BCUT2D eigenvalue weighted by Gasteiger charge is 2.54. The van der Waals surface area contributed by atoms with Crippen LogP contribution in [0.1, 0.15) is 69.2 Å². The Morgan fingerprint density at radius 3 is 1.24 bits per heavy atom. The van der Waals surface area contributed by atoms with Crippen LogP contribution in [0.2, 0.25) is 0 Å². The van der Waals surface area contributed by atoms with E-state index in [4.69, 9.17) is 19.5 Å². The number of hydrogen-bond acceptors (Lipinski definition) is 4. The molecule has 4 heteroatoms. The lowest BCUT2D eigenvalue weighted by atomic mass is 9.68. The quantitative estimate of drug-likeness (QED) is 0.718. The second-order valence-corrected chi connectivity index (χ2v) is 10.4. The summed E-state index contributed by atoms with van der Waals surface area (Å²) in [5.74, 6) is 2.24. The average molecular weight is 351 g/mol. The molecule has 2 rings (SSSR count). The van der Waals surface area contributed by atoms with Gasteiger partial charge in [-0.05, 0) is 22.7 Å². The van der Waals surface area contributed by atoms with Crippen LogP contribution in [0, 0.1) is 28.1 Å². The zero-order valence-corrected chi connectivity index (χ0v) is 17.9. The molecule has 0 radical (unpaired) electrons. The first-order valence-corrected chi connectivity index (χ1v) is 9.73. The maximum atomic E-state index is 6.20. The minimum Gasteiger partial charge on any atom is -0.478 e. The summed E-state index contributed by atoms with van der Waals surface area (Å²) in [7, 11) is 0. The van der Waals surface area contributed by atoms with E-state index in [0.717, 1.165) is 11.8 Å². The summed E-state index contributed by atoms with van der Waals surface area (Å²) >= 11 is 0. The molecule has 0 saturated heterocycles. The van der Waals surface area contributed by atoms with Crippen LogP contribution in [0.5, 0.6) is 0 Å². The first kappa shape index (κ1) is 20.3. The molecule has 2 aliphatic rings. The standard InChI is InChI=1S/C21H38N2O2/c1-13(2)21(14(3)4,17-22-15(11-24-17)19(5,6)7)18-23-16(12-25-18)20(8,9)10/h13-16H,11-12H2,1-10H3/t15-,16-/m1/s1. The van der Waals surface area contributed by atoms with Crippen molar-refractivity contribution in [2.24, 2.45) is 38.1 Å². The van der Waals surface area contributed by atoms with E-state index in [1.54, 1.807) is 0 Å². The lowest BCUT2D eigenvalue weighted by molar-refractivity contribution is 0.167. The summed E-state index contributed by atoms with van der Waals surface area (Å²) in [5.41, 5.74) is -0.207. The molecular formula is C21H38N2O2. The minimum atomic E-state index is -0.389. The van der Waals surface area contributed by atoms with Crippen LogP contribution in [0.25, 0.3) is 0 Å². The molecule has 2 atom stereocenters. The van der Waals surface area contributed by atoms with Crippen LogP contribution in [-0.2, 0) is 9.47 Å². The Balaban J connectivity index is 2.51. The molecule has 144 valence electrons. The highest BCUT2D eigenvalue weighted by atomic mass is 16.5. The molecule has 25 heavy (non-hydrogen) atoms. The van der Waals surface area contributed by atoms with Crippen molar-refractivity contribution < 1.29 is 9.47 Å². The van der Waals surface area contributed by atoms with E-state index in [1.807, 2.05) is 0 Å². The maximum Gasteiger partial charge on any atom is 0.200 e. The van der Waals surface area contributed by atoms with Crippen molar-refractivity contribution in [2.75, 3.05) is 13.2 Å². The summed E-state index contributed by atoms with van der Waals surface area (Å²) in [5, 5.41) is 0. The molecule has 0 aromatic heterocycles. The summed E-state index contributed by atoms with van der Waals surface area (Å²) in [6, 6.07) is 0.361. The van der Waals surface area contributed by atoms with E-state index in [-0.39, 0.29) is 28.3 Å². The Bertz CT molecular complexity index is 497. The molecule has 2 heterocycles. The van der Waals surface area contributed by atoms with Crippen molar-refractivity contribution in [1.29, 1.82) is 0 Å². The molecule has 0 bridgehead atoms. The van der Waals surface area contributed by atoms with Crippen LogP contribution < -0.4 is 0 Å². The molecule has 0 amide bonds. The summed E-state index contributed by atoms with van der Waals surface area (Å²) in [6.45, 7) is 23.5. The molecule has 0 saturated carbocycles. The fourth-order valence-corrected chi connectivity index (χ4v) is 3.83. The third-order valence-electron chi connectivity index (χ3n) is 5.83. The maximum absolute atomic E-state index is 6.20. The highest BCUT2D eigenvalue weighted by Crippen LogP contribution is 2.45. The van der Waals surface area contributed by atoms with Gasteiger partial charge in [0.25, 0.3) is 0 Å². The molecule has 0 fully saturated rings. The van der Waals surface area contributed by atoms with Gasteiger partial charge in [0.2, 0.25) is 0 Å². The number of nitrogens with zero attached hydrogens (tertiary/aromatic N) is 2. The number of aliphatic imine (C=N–C) groups is 2. The SMILES string of the molecule is CC(C)C(C1=N[C@@H](C(C)(C)C)CO1)(C1=N[C@@H](C(C)(C)C)CO1)C(C)C. The van der Waals surface area contributed by atoms with E-state index >= 15 is 0 Å². The van der Waals surface area contributed by atoms with E-state index in [0.29, 0.717) is 25.0 Å². The predicted octanol–water partition coefficient (Wildman–Crippen LogP) is 4.97. The van der Waals surface area contributed by atoms with Crippen LogP contribution in [0.4, 0.5) is 0 Å². The Labute approximate surface area is 154 Å². The molecule has 0 spiro atoms. The van der Waals surface area contributed by atoms with Crippen LogP contribution in [0.3, 0.4) is 0 Å². The zero-order valence-electron chi connectivity index (χ0n) is 17.9. The van der Waals surface area contributed by atoms with E-state index in [2.05, 4.69) is 69.2 Å². The molecule has 0 unspecified atom stereocenters. The van der Waals surface area contributed by atoms with Gasteiger partial charge < -0.3 is 9.47 Å². The lowest BCUT2D eigenvalue weighted by Crippen LogP contribution is -2.48.